The van der Waals surface area contributed by atoms with Crippen LogP contribution in [0.1, 0.15) is 35.2 Å². The number of nitrogens with one attached hydrogen (secondary N) is 1. The number of rotatable bonds is 4. The molecule has 0 saturated heterocycles. The molecule has 0 spiro atoms. The van der Waals surface area contributed by atoms with Gasteiger partial charge in [-0.1, -0.05) is 58.7 Å². The molecule has 2 aromatic rings. The van der Waals surface area contributed by atoms with Crippen molar-refractivity contribution in [3.8, 4) is 0 Å². The van der Waals surface area contributed by atoms with Gasteiger partial charge in [0, 0.05) is 4.47 Å². The molecule has 0 aromatic heterocycles. The normalized spacial score (nSPS) is 12.4. The maximum absolute atomic E-state index is 3.58. The lowest BCUT2D eigenvalue weighted by atomic mass is 9.94. The highest BCUT2D eigenvalue weighted by Crippen LogP contribution is 2.26. The number of hydrogen-bond acceptors (Lipinski definition) is 1. The zero-order valence-corrected chi connectivity index (χ0v) is 13.3. The molecule has 0 aliphatic rings. The van der Waals surface area contributed by atoms with Gasteiger partial charge in [-0.3, -0.25) is 0 Å². The number of halogens is 1. The van der Waals surface area contributed by atoms with E-state index in [4.69, 9.17) is 0 Å². The summed E-state index contributed by atoms with van der Waals surface area (Å²) < 4.78 is 1.12. The number of benzene rings is 2. The lowest BCUT2D eigenvalue weighted by molar-refractivity contribution is 0.627. The predicted octanol–water partition coefficient (Wildman–Crippen LogP) is 4.76. The maximum Gasteiger partial charge on any atom is 0.0579 e. The summed E-state index contributed by atoms with van der Waals surface area (Å²) in [6.07, 6.45) is 0. The van der Waals surface area contributed by atoms with Crippen LogP contribution in [0.4, 0.5) is 0 Å². The Hall–Kier alpha value is -1.12. The highest BCUT2D eigenvalue weighted by Gasteiger charge is 2.14. The quantitative estimate of drug-likeness (QED) is 0.856. The topological polar surface area (TPSA) is 12.0 Å². The molecule has 2 aromatic carbocycles. The number of hydrogen-bond donors (Lipinski definition) is 1. The van der Waals surface area contributed by atoms with E-state index >= 15 is 0 Å². The second kappa shape index (κ2) is 6.36. The van der Waals surface area contributed by atoms with Crippen LogP contribution in [0.25, 0.3) is 0 Å². The third kappa shape index (κ3) is 3.46. The van der Waals surface area contributed by atoms with Crippen LogP contribution in [0.15, 0.2) is 46.9 Å². The first-order valence-electron chi connectivity index (χ1n) is 6.68. The molecule has 0 fully saturated rings. The molecule has 0 heterocycles. The summed E-state index contributed by atoms with van der Waals surface area (Å²) in [6.45, 7) is 7.42. The van der Waals surface area contributed by atoms with E-state index in [1.807, 2.05) is 0 Å². The summed E-state index contributed by atoms with van der Waals surface area (Å²) in [5, 5.41) is 3.58. The van der Waals surface area contributed by atoms with Crippen LogP contribution in [0.3, 0.4) is 0 Å². The van der Waals surface area contributed by atoms with Crippen LogP contribution < -0.4 is 5.32 Å². The van der Waals surface area contributed by atoms with Crippen molar-refractivity contribution in [2.45, 2.75) is 26.8 Å². The summed E-state index contributed by atoms with van der Waals surface area (Å²) >= 11 is 3.49. The lowest BCUT2D eigenvalue weighted by Crippen LogP contribution is -2.22. The zero-order valence-electron chi connectivity index (χ0n) is 11.7. The summed E-state index contributed by atoms with van der Waals surface area (Å²) in [7, 11) is 0. The SMILES string of the molecule is CCNC(c1ccc(Br)cc1)c1ccc(C)cc1C. The van der Waals surface area contributed by atoms with Gasteiger partial charge in [-0.2, -0.15) is 0 Å². The monoisotopic (exact) mass is 317 g/mol. The predicted molar refractivity (Wildman–Crippen MR) is 85.6 cm³/mol. The van der Waals surface area contributed by atoms with Crippen LogP contribution >= 0.6 is 15.9 Å². The van der Waals surface area contributed by atoms with Gasteiger partial charge < -0.3 is 5.32 Å². The minimum absolute atomic E-state index is 0.263. The molecule has 2 heteroatoms. The highest BCUT2D eigenvalue weighted by atomic mass is 79.9. The van der Waals surface area contributed by atoms with Crippen molar-refractivity contribution < 1.29 is 0 Å². The summed E-state index contributed by atoms with van der Waals surface area (Å²) in [5.41, 5.74) is 5.31. The van der Waals surface area contributed by atoms with Gasteiger partial charge in [0.15, 0.2) is 0 Å². The minimum Gasteiger partial charge on any atom is -0.307 e. The lowest BCUT2D eigenvalue weighted by Gasteiger charge is -2.21. The molecular weight excluding hydrogens is 298 g/mol. The molecule has 19 heavy (non-hydrogen) atoms. The third-order valence-electron chi connectivity index (χ3n) is 3.35. The van der Waals surface area contributed by atoms with Crippen molar-refractivity contribution in [1.29, 1.82) is 0 Å². The van der Waals surface area contributed by atoms with Crippen LogP contribution in [-0.4, -0.2) is 6.54 Å². The van der Waals surface area contributed by atoms with Crippen molar-refractivity contribution in [1.82, 2.24) is 5.32 Å². The molecule has 1 N–H and O–H groups in total. The summed E-state index contributed by atoms with van der Waals surface area (Å²) in [6, 6.07) is 15.5. The van der Waals surface area contributed by atoms with Gasteiger partial charge in [0.1, 0.15) is 0 Å². The van der Waals surface area contributed by atoms with E-state index in [-0.39, 0.29) is 6.04 Å². The van der Waals surface area contributed by atoms with Gasteiger partial charge in [-0.05, 0) is 49.2 Å². The Morgan fingerprint density at radius 2 is 1.74 bits per heavy atom. The first kappa shape index (κ1) is 14.3. The summed E-state index contributed by atoms with van der Waals surface area (Å²) in [5.74, 6) is 0. The maximum atomic E-state index is 3.58. The molecule has 1 atom stereocenters. The molecule has 0 radical (unpaired) electrons. The average molecular weight is 318 g/mol. The Morgan fingerprint density at radius 1 is 1.05 bits per heavy atom. The second-order valence-electron chi connectivity index (χ2n) is 4.90. The van der Waals surface area contributed by atoms with Crippen LogP contribution in [0.5, 0.6) is 0 Å². The van der Waals surface area contributed by atoms with E-state index in [9.17, 15) is 0 Å². The van der Waals surface area contributed by atoms with Gasteiger partial charge in [-0.25, -0.2) is 0 Å². The van der Waals surface area contributed by atoms with Crippen molar-refractivity contribution in [3.63, 3.8) is 0 Å². The fourth-order valence-corrected chi connectivity index (χ4v) is 2.68. The fraction of sp³-hybridized carbons (Fsp3) is 0.294. The van der Waals surface area contributed by atoms with Gasteiger partial charge in [0.05, 0.1) is 6.04 Å². The molecule has 2 rings (SSSR count). The Labute approximate surface area is 124 Å². The molecule has 0 bridgehead atoms. The molecule has 0 aliphatic heterocycles. The third-order valence-corrected chi connectivity index (χ3v) is 3.88. The Bertz CT molecular complexity index is 546. The van der Waals surface area contributed by atoms with E-state index in [0.29, 0.717) is 0 Å². The van der Waals surface area contributed by atoms with E-state index in [0.717, 1.165) is 11.0 Å². The van der Waals surface area contributed by atoms with Crippen molar-refractivity contribution in [3.05, 3.63) is 69.2 Å². The summed E-state index contributed by atoms with van der Waals surface area (Å²) in [4.78, 5) is 0. The van der Waals surface area contributed by atoms with E-state index in [1.165, 1.54) is 22.3 Å². The molecule has 0 amide bonds. The molecule has 1 unspecified atom stereocenters. The van der Waals surface area contributed by atoms with Crippen LogP contribution in [-0.2, 0) is 0 Å². The molecule has 100 valence electrons. The van der Waals surface area contributed by atoms with Crippen molar-refractivity contribution in [2.24, 2.45) is 0 Å². The second-order valence-corrected chi connectivity index (χ2v) is 5.82. The molecular formula is C17H20BrN. The first-order chi connectivity index (χ1) is 9.11. The molecule has 1 nitrogen and oxygen atoms in total. The average Bonchev–Trinajstić information content (AvgIpc) is 2.38. The van der Waals surface area contributed by atoms with Gasteiger partial charge in [0.25, 0.3) is 0 Å². The fourth-order valence-electron chi connectivity index (χ4n) is 2.42. The van der Waals surface area contributed by atoms with E-state index < -0.39 is 0 Å². The van der Waals surface area contributed by atoms with Gasteiger partial charge >= 0.3 is 0 Å². The van der Waals surface area contributed by atoms with Crippen LogP contribution in [0, 0.1) is 13.8 Å². The highest BCUT2D eigenvalue weighted by molar-refractivity contribution is 9.10. The molecule has 0 aliphatic carbocycles. The smallest absolute Gasteiger partial charge is 0.0579 e. The standard InChI is InChI=1S/C17H20BrN/c1-4-19-17(14-6-8-15(18)9-7-14)16-10-5-12(2)11-13(16)3/h5-11,17,19H,4H2,1-3H3. The Kier molecular flexibility index (Phi) is 4.78. The Morgan fingerprint density at radius 3 is 2.32 bits per heavy atom. The number of aryl methyl sites for hydroxylation is 2. The van der Waals surface area contributed by atoms with Gasteiger partial charge in [0.2, 0.25) is 0 Å². The van der Waals surface area contributed by atoms with E-state index in [1.54, 1.807) is 0 Å². The van der Waals surface area contributed by atoms with Crippen molar-refractivity contribution >= 4 is 15.9 Å². The minimum atomic E-state index is 0.263. The van der Waals surface area contributed by atoms with Crippen LogP contribution in [0.2, 0.25) is 0 Å². The first-order valence-corrected chi connectivity index (χ1v) is 7.47. The largest absolute Gasteiger partial charge is 0.307 e. The Balaban J connectivity index is 2.41. The van der Waals surface area contributed by atoms with Crippen molar-refractivity contribution in [2.75, 3.05) is 6.54 Å². The van der Waals surface area contributed by atoms with Gasteiger partial charge in [-0.15, -0.1) is 0 Å². The molecule has 0 saturated carbocycles. The zero-order chi connectivity index (χ0) is 13.8. The van der Waals surface area contributed by atoms with E-state index in [2.05, 4.69) is 84.5 Å².